The molecule has 2 fully saturated rings. The largest absolute Gasteiger partial charge is 0.446 e. The molecule has 0 N–H and O–H groups in total. The lowest BCUT2D eigenvalue weighted by Crippen LogP contribution is -2.44. The van der Waals surface area contributed by atoms with Crippen LogP contribution < -0.4 is 0 Å². The van der Waals surface area contributed by atoms with Crippen molar-refractivity contribution < 1.29 is 23.8 Å². The lowest BCUT2D eigenvalue weighted by molar-refractivity contribution is -0.00359. The van der Waals surface area contributed by atoms with E-state index in [0.717, 1.165) is 32.1 Å². The Morgan fingerprint density at radius 1 is 1.24 bits per heavy atom. The van der Waals surface area contributed by atoms with Gasteiger partial charge in [-0.1, -0.05) is 11.6 Å². The van der Waals surface area contributed by atoms with Crippen molar-refractivity contribution in [1.29, 1.82) is 0 Å². The van der Waals surface area contributed by atoms with Crippen LogP contribution in [0.25, 0.3) is 0 Å². The molecule has 3 heterocycles. The number of aromatic nitrogens is 2. The second kappa shape index (κ2) is 9.34. The van der Waals surface area contributed by atoms with Crippen molar-refractivity contribution in [3.8, 4) is 0 Å². The van der Waals surface area contributed by atoms with Gasteiger partial charge in [0, 0.05) is 31.9 Å². The van der Waals surface area contributed by atoms with E-state index in [1.807, 2.05) is 20.8 Å². The maximum atomic E-state index is 12.8. The van der Waals surface area contributed by atoms with Crippen molar-refractivity contribution in [3.63, 3.8) is 0 Å². The van der Waals surface area contributed by atoms with Crippen LogP contribution in [-0.2, 0) is 14.2 Å². The first kappa shape index (κ1) is 21.9. The van der Waals surface area contributed by atoms with Crippen molar-refractivity contribution in [2.45, 2.75) is 70.6 Å². The predicted octanol–water partition coefficient (Wildman–Crippen LogP) is 4.05. The third-order valence-electron chi connectivity index (χ3n) is 5.18. The van der Waals surface area contributed by atoms with E-state index in [1.54, 1.807) is 15.8 Å². The molecule has 0 spiro atoms. The van der Waals surface area contributed by atoms with Gasteiger partial charge in [-0.2, -0.15) is 5.10 Å². The van der Waals surface area contributed by atoms with Crippen LogP contribution in [0.4, 0.5) is 4.79 Å². The number of carbonyl (C=O) groups is 2. The number of piperidine rings is 1. The minimum atomic E-state index is -0.578. The minimum Gasteiger partial charge on any atom is -0.446 e. The van der Waals surface area contributed by atoms with E-state index in [4.69, 9.17) is 30.9 Å². The average Bonchev–Trinajstić information content (AvgIpc) is 3.13. The molecule has 162 valence electrons. The molecular weight excluding hydrogens is 398 g/mol. The molecule has 0 aromatic carbocycles. The number of hydrogen-bond donors (Lipinski definition) is 0. The van der Waals surface area contributed by atoms with E-state index in [9.17, 15) is 9.59 Å². The Hall–Kier alpha value is -1.80. The first-order chi connectivity index (χ1) is 13.8. The Bertz CT molecular complexity index is 724. The van der Waals surface area contributed by atoms with Gasteiger partial charge in [0.25, 0.3) is 0 Å². The summed E-state index contributed by atoms with van der Waals surface area (Å²) in [4.78, 5) is 27.0. The summed E-state index contributed by atoms with van der Waals surface area (Å²) in [5, 5.41) is 4.76. The van der Waals surface area contributed by atoms with Gasteiger partial charge in [0.15, 0.2) is 6.07 Å². The summed E-state index contributed by atoms with van der Waals surface area (Å²) < 4.78 is 17.8. The molecule has 3 rings (SSSR count). The number of alkyl halides is 1. The summed E-state index contributed by atoms with van der Waals surface area (Å²) in [6.07, 6.45) is 5.23. The molecule has 1 amide bonds. The predicted molar refractivity (Wildman–Crippen MR) is 107 cm³/mol. The Labute approximate surface area is 176 Å². The van der Waals surface area contributed by atoms with Gasteiger partial charge in [-0.25, -0.2) is 14.3 Å². The highest BCUT2D eigenvalue weighted by molar-refractivity contribution is 6.17. The number of halogens is 1. The SMILES string of the molecule is CC(C)(C)OC(=O)N1CCCCC1n1cc(C(=O)OCCl)c(C2CCOCC2)n1. The van der Waals surface area contributed by atoms with Crippen molar-refractivity contribution in [1.82, 2.24) is 14.7 Å². The van der Waals surface area contributed by atoms with E-state index < -0.39 is 11.6 Å². The summed E-state index contributed by atoms with van der Waals surface area (Å²) in [5.41, 5.74) is 0.525. The molecule has 0 saturated carbocycles. The van der Waals surface area contributed by atoms with Crippen LogP contribution in [0, 0.1) is 0 Å². The van der Waals surface area contributed by atoms with Crippen LogP contribution in [0.2, 0.25) is 0 Å². The second-order valence-electron chi connectivity index (χ2n) is 8.49. The van der Waals surface area contributed by atoms with Crippen molar-refractivity contribution in [2.24, 2.45) is 0 Å². The second-order valence-corrected chi connectivity index (χ2v) is 8.70. The van der Waals surface area contributed by atoms with Gasteiger partial charge >= 0.3 is 12.1 Å². The van der Waals surface area contributed by atoms with Crippen LogP contribution in [0.15, 0.2) is 6.20 Å². The van der Waals surface area contributed by atoms with Gasteiger partial charge in [0.05, 0.1) is 5.69 Å². The minimum absolute atomic E-state index is 0.112. The third kappa shape index (κ3) is 5.42. The monoisotopic (exact) mass is 427 g/mol. The van der Waals surface area contributed by atoms with Crippen LogP contribution in [0.5, 0.6) is 0 Å². The summed E-state index contributed by atoms with van der Waals surface area (Å²) in [7, 11) is 0. The zero-order valence-corrected chi connectivity index (χ0v) is 18.1. The molecule has 0 aliphatic carbocycles. The van der Waals surface area contributed by atoms with Gasteiger partial charge in [0.2, 0.25) is 0 Å². The Kier molecular flexibility index (Phi) is 7.05. The zero-order valence-electron chi connectivity index (χ0n) is 17.4. The fourth-order valence-corrected chi connectivity index (χ4v) is 3.94. The lowest BCUT2D eigenvalue weighted by atomic mass is 9.94. The molecular formula is C20H30ClN3O5. The Morgan fingerprint density at radius 2 is 1.97 bits per heavy atom. The molecule has 29 heavy (non-hydrogen) atoms. The Balaban J connectivity index is 1.90. The van der Waals surface area contributed by atoms with E-state index in [0.29, 0.717) is 31.0 Å². The third-order valence-corrected chi connectivity index (χ3v) is 5.29. The standard InChI is InChI=1S/C20H30ClN3O5/c1-20(2,3)29-19(26)23-9-5-4-6-16(23)24-12-15(18(25)28-13-21)17(22-24)14-7-10-27-11-8-14/h12,14,16H,4-11,13H2,1-3H3. The first-order valence-corrected chi connectivity index (χ1v) is 10.7. The molecule has 1 aromatic heterocycles. The van der Waals surface area contributed by atoms with E-state index >= 15 is 0 Å². The number of ether oxygens (including phenoxy) is 3. The topological polar surface area (TPSA) is 82.9 Å². The normalized spacial score (nSPS) is 21.1. The number of rotatable bonds is 4. The van der Waals surface area contributed by atoms with Gasteiger partial charge < -0.3 is 14.2 Å². The van der Waals surface area contributed by atoms with Crippen LogP contribution >= 0.6 is 11.6 Å². The molecule has 1 aromatic rings. The summed E-state index contributed by atoms with van der Waals surface area (Å²) in [6.45, 7) is 7.40. The molecule has 0 radical (unpaired) electrons. The van der Waals surface area contributed by atoms with E-state index in [-0.39, 0.29) is 24.2 Å². The maximum Gasteiger partial charge on any atom is 0.411 e. The fourth-order valence-electron chi connectivity index (χ4n) is 3.84. The van der Waals surface area contributed by atoms with Gasteiger partial charge in [-0.05, 0) is 52.9 Å². The van der Waals surface area contributed by atoms with Crippen LogP contribution in [0.3, 0.4) is 0 Å². The highest BCUT2D eigenvalue weighted by Crippen LogP contribution is 2.33. The summed E-state index contributed by atoms with van der Waals surface area (Å²) >= 11 is 5.61. The average molecular weight is 428 g/mol. The first-order valence-electron chi connectivity index (χ1n) is 10.2. The number of nitrogens with zero attached hydrogens (tertiary/aromatic N) is 3. The van der Waals surface area contributed by atoms with Crippen LogP contribution in [-0.4, -0.2) is 58.2 Å². The summed E-state index contributed by atoms with van der Waals surface area (Å²) in [5.74, 6) is -0.381. The van der Waals surface area contributed by atoms with Crippen molar-refractivity contribution in [2.75, 3.05) is 25.8 Å². The molecule has 1 unspecified atom stereocenters. The fraction of sp³-hybridized carbons (Fsp3) is 0.750. The highest BCUT2D eigenvalue weighted by atomic mass is 35.5. The van der Waals surface area contributed by atoms with Crippen LogP contribution in [0.1, 0.15) is 81.0 Å². The van der Waals surface area contributed by atoms with Gasteiger partial charge in [-0.3, -0.25) is 4.90 Å². The van der Waals surface area contributed by atoms with E-state index in [1.165, 1.54) is 0 Å². The molecule has 2 aliphatic heterocycles. The number of likely N-dealkylation sites (tertiary alicyclic amines) is 1. The molecule has 8 nitrogen and oxygen atoms in total. The highest BCUT2D eigenvalue weighted by Gasteiger charge is 2.34. The van der Waals surface area contributed by atoms with Gasteiger partial charge in [-0.15, -0.1) is 0 Å². The zero-order chi connectivity index (χ0) is 21.0. The number of carbonyl (C=O) groups excluding carboxylic acids is 2. The number of amides is 1. The number of esters is 1. The molecule has 9 heteroatoms. The lowest BCUT2D eigenvalue weighted by Gasteiger charge is -2.36. The maximum absolute atomic E-state index is 12.8. The smallest absolute Gasteiger partial charge is 0.411 e. The van der Waals surface area contributed by atoms with Gasteiger partial charge in [0.1, 0.15) is 17.3 Å². The molecule has 2 aliphatic rings. The Morgan fingerprint density at radius 3 is 2.62 bits per heavy atom. The molecule has 1 atom stereocenters. The molecule has 2 saturated heterocycles. The number of hydrogen-bond acceptors (Lipinski definition) is 6. The summed E-state index contributed by atoms with van der Waals surface area (Å²) in [6, 6.07) is -0.218. The molecule has 0 bridgehead atoms. The van der Waals surface area contributed by atoms with E-state index in [2.05, 4.69) is 0 Å². The van der Waals surface area contributed by atoms with Crippen molar-refractivity contribution in [3.05, 3.63) is 17.5 Å². The van der Waals surface area contributed by atoms with Crippen molar-refractivity contribution >= 4 is 23.7 Å². The quantitative estimate of drug-likeness (QED) is 0.532.